The van der Waals surface area contributed by atoms with Crippen molar-refractivity contribution in [1.82, 2.24) is 14.5 Å². The molecule has 4 aromatic rings. The van der Waals surface area contributed by atoms with Gasteiger partial charge in [-0.25, -0.2) is 9.97 Å². The number of fused-ring (bicyclic) bond motifs is 3. The minimum Gasteiger partial charge on any atom is -0.442 e. The minimum atomic E-state index is -0.107. The zero-order valence-electron chi connectivity index (χ0n) is 17.1. The molecular formula is C25H21BrN4O. The van der Waals surface area contributed by atoms with Crippen LogP contribution in [0.2, 0.25) is 0 Å². The fourth-order valence-corrected chi connectivity index (χ4v) is 5.09. The van der Waals surface area contributed by atoms with Crippen molar-refractivity contribution in [2.24, 2.45) is 4.99 Å². The van der Waals surface area contributed by atoms with E-state index < -0.39 is 0 Å². The third-order valence-corrected chi connectivity index (χ3v) is 7.12. The molecule has 1 fully saturated rings. The average molecular weight is 473 g/mol. The van der Waals surface area contributed by atoms with E-state index in [1.54, 1.807) is 6.20 Å². The van der Waals surface area contributed by atoms with Crippen molar-refractivity contribution in [1.29, 1.82) is 0 Å². The summed E-state index contributed by atoms with van der Waals surface area (Å²) in [6, 6.07) is 15.0. The molecule has 2 aliphatic rings. The van der Waals surface area contributed by atoms with Crippen LogP contribution in [0.5, 0.6) is 0 Å². The molecule has 2 aromatic heterocycles. The normalized spacial score (nSPS) is 18.0. The van der Waals surface area contributed by atoms with Gasteiger partial charge in [0.2, 0.25) is 0 Å². The second-order valence-electron chi connectivity index (χ2n) is 8.25. The smallest absolute Gasteiger partial charge is 0.181 e. The molecule has 0 amide bonds. The number of halogens is 1. The Hall–Kier alpha value is -2.99. The zero-order valence-corrected chi connectivity index (χ0v) is 18.7. The Kier molecular flexibility index (Phi) is 4.42. The largest absolute Gasteiger partial charge is 0.442 e. The van der Waals surface area contributed by atoms with Crippen LogP contribution in [0.25, 0.3) is 17.1 Å². The molecule has 0 N–H and O–H groups in total. The lowest BCUT2D eigenvalue weighted by Gasteiger charge is -2.27. The van der Waals surface area contributed by atoms with Crippen molar-refractivity contribution in [2.45, 2.75) is 38.1 Å². The summed E-state index contributed by atoms with van der Waals surface area (Å²) in [5.74, 6) is 1.31. The van der Waals surface area contributed by atoms with Crippen LogP contribution in [0.3, 0.4) is 0 Å². The van der Waals surface area contributed by atoms with Crippen molar-refractivity contribution in [3.05, 3.63) is 88.2 Å². The van der Waals surface area contributed by atoms with Gasteiger partial charge in [-0.1, -0.05) is 46.6 Å². The van der Waals surface area contributed by atoms with Gasteiger partial charge in [-0.15, -0.1) is 0 Å². The monoisotopic (exact) mass is 472 g/mol. The first-order valence-electron chi connectivity index (χ1n) is 10.6. The molecule has 0 bridgehead atoms. The third kappa shape index (κ3) is 3.00. The Morgan fingerprint density at radius 2 is 1.97 bits per heavy atom. The summed E-state index contributed by atoms with van der Waals surface area (Å²) in [5, 5.41) is 0. The maximum atomic E-state index is 5.58. The van der Waals surface area contributed by atoms with E-state index in [1.165, 1.54) is 31.2 Å². The maximum absolute atomic E-state index is 5.58. The van der Waals surface area contributed by atoms with Crippen molar-refractivity contribution in [3.63, 3.8) is 0 Å². The number of oxazole rings is 1. The summed E-state index contributed by atoms with van der Waals surface area (Å²) in [6.45, 7) is 2.11. The van der Waals surface area contributed by atoms with Gasteiger partial charge in [0, 0.05) is 15.6 Å². The number of imidazole rings is 1. The van der Waals surface area contributed by atoms with Gasteiger partial charge in [-0.05, 0) is 49.4 Å². The van der Waals surface area contributed by atoms with Crippen LogP contribution >= 0.6 is 15.9 Å². The highest BCUT2D eigenvalue weighted by atomic mass is 79.9. The molecule has 31 heavy (non-hydrogen) atoms. The summed E-state index contributed by atoms with van der Waals surface area (Å²) >= 11 is 3.75. The van der Waals surface area contributed by atoms with Gasteiger partial charge in [0.25, 0.3) is 0 Å². The van der Waals surface area contributed by atoms with Gasteiger partial charge in [0.15, 0.2) is 12.2 Å². The Bertz CT molecular complexity index is 1300. The highest BCUT2D eigenvalue weighted by molar-refractivity contribution is 9.10. The molecule has 5 nitrogen and oxygen atoms in total. The van der Waals surface area contributed by atoms with Crippen LogP contribution in [-0.2, 0) is 0 Å². The molecule has 0 radical (unpaired) electrons. The minimum absolute atomic E-state index is 0.107. The molecule has 2 aromatic carbocycles. The number of hydrogen-bond donors (Lipinski definition) is 0. The molecular weight excluding hydrogens is 452 g/mol. The quantitative estimate of drug-likeness (QED) is 0.343. The van der Waals surface area contributed by atoms with Gasteiger partial charge in [0.1, 0.15) is 12.0 Å². The number of rotatable bonds is 3. The van der Waals surface area contributed by atoms with Crippen LogP contribution in [0.15, 0.2) is 75.3 Å². The van der Waals surface area contributed by atoms with Gasteiger partial charge in [0.05, 0.1) is 29.3 Å². The number of aliphatic imine (C=N–C) groups is 1. The molecule has 1 aliphatic heterocycles. The average Bonchev–Trinajstić information content (AvgIpc) is 3.39. The lowest BCUT2D eigenvalue weighted by molar-refractivity contribution is 0.419. The molecule has 6 heteroatoms. The van der Waals surface area contributed by atoms with Crippen LogP contribution in [0.1, 0.15) is 60.5 Å². The Labute approximate surface area is 189 Å². The summed E-state index contributed by atoms with van der Waals surface area (Å²) in [7, 11) is 0. The van der Waals surface area contributed by atoms with Crippen LogP contribution < -0.4 is 0 Å². The van der Waals surface area contributed by atoms with E-state index in [4.69, 9.17) is 9.41 Å². The Morgan fingerprint density at radius 1 is 1.10 bits per heavy atom. The van der Waals surface area contributed by atoms with E-state index in [-0.39, 0.29) is 6.04 Å². The summed E-state index contributed by atoms with van der Waals surface area (Å²) in [4.78, 5) is 14.0. The van der Waals surface area contributed by atoms with Crippen LogP contribution in [-0.4, -0.2) is 20.2 Å². The van der Waals surface area contributed by atoms with Crippen molar-refractivity contribution in [2.75, 3.05) is 0 Å². The standard InChI is InChI=1S/C25H21BrN4O/c1-15-25-24(22-12-27-14-31-22)28-13-30(25)21-10-9-17(16-5-4-6-16)11-19(21)23(29-15)18-7-2-3-8-20(18)26/h2-3,7-16H,4-6H2,1H3/t15-/m1/s1. The first-order valence-corrected chi connectivity index (χ1v) is 11.4. The molecule has 1 atom stereocenters. The fourth-order valence-electron chi connectivity index (χ4n) is 4.61. The highest BCUT2D eigenvalue weighted by Crippen LogP contribution is 2.41. The van der Waals surface area contributed by atoms with E-state index in [9.17, 15) is 0 Å². The number of benzene rings is 2. The van der Waals surface area contributed by atoms with Gasteiger partial charge < -0.3 is 4.42 Å². The predicted octanol–water partition coefficient (Wildman–Crippen LogP) is 6.47. The lowest BCUT2D eigenvalue weighted by Crippen LogP contribution is -2.12. The van der Waals surface area contributed by atoms with Crippen molar-refractivity contribution >= 4 is 21.6 Å². The zero-order chi connectivity index (χ0) is 20.9. The molecule has 154 valence electrons. The summed E-state index contributed by atoms with van der Waals surface area (Å²) in [5.41, 5.74) is 7.53. The molecule has 1 aliphatic carbocycles. The number of aromatic nitrogens is 3. The topological polar surface area (TPSA) is 56.2 Å². The second-order valence-corrected chi connectivity index (χ2v) is 9.11. The predicted molar refractivity (Wildman–Crippen MR) is 124 cm³/mol. The maximum Gasteiger partial charge on any atom is 0.181 e. The third-order valence-electron chi connectivity index (χ3n) is 6.43. The highest BCUT2D eigenvalue weighted by Gasteiger charge is 2.29. The summed E-state index contributed by atoms with van der Waals surface area (Å²) in [6.07, 6.45) is 8.88. The van der Waals surface area contributed by atoms with Gasteiger partial charge in [-0.3, -0.25) is 9.56 Å². The molecule has 1 saturated carbocycles. The molecule has 0 unspecified atom stereocenters. The van der Waals surface area contributed by atoms with Crippen molar-refractivity contribution in [3.8, 4) is 17.1 Å². The van der Waals surface area contributed by atoms with Crippen LogP contribution in [0.4, 0.5) is 0 Å². The van der Waals surface area contributed by atoms with Crippen LogP contribution in [0, 0.1) is 0 Å². The van der Waals surface area contributed by atoms with Gasteiger partial charge in [-0.2, -0.15) is 0 Å². The SMILES string of the molecule is C[C@H]1N=C(c2ccccc2Br)c2cc(C3CCC3)ccc2-n2cnc(-c3cnco3)c21. The van der Waals surface area contributed by atoms with Gasteiger partial charge >= 0.3 is 0 Å². The molecule has 6 rings (SSSR count). The van der Waals surface area contributed by atoms with Crippen molar-refractivity contribution < 1.29 is 4.42 Å². The Balaban J connectivity index is 1.62. The Morgan fingerprint density at radius 3 is 2.71 bits per heavy atom. The first-order chi connectivity index (χ1) is 15.2. The summed E-state index contributed by atoms with van der Waals surface area (Å²) < 4.78 is 8.79. The molecule has 0 spiro atoms. The molecule has 3 heterocycles. The van der Waals surface area contributed by atoms with E-state index in [2.05, 4.69) is 73.8 Å². The molecule has 0 saturated heterocycles. The van der Waals surface area contributed by atoms with E-state index >= 15 is 0 Å². The number of hydrogen-bond acceptors (Lipinski definition) is 4. The lowest BCUT2D eigenvalue weighted by atomic mass is 9.79. The second kappa shape index (κ2) is 7.31. The van der Waals surface area contributed by atoms with E-state index in [0.29, 0.717) is 11.7 Å². The number of nitrogens with zero attached hydrogens (tertiary/aromatic N) is 4. The van der Waals surface area contributed by atoms with E-state index in [1.807, 2.05) is 12.4 Å². The van der Waals surface area contributed by atoms with E-state index in [0.717, 1.165) is 38.4 Å². The fraction of sp³-hybridized carbons (Fsp3) is 0.240. The first kappa shape index (κ1) is 18.8.